The number of benzene rings is 1. The molecule has 0 amide bonds. The van der Waals surface area contributed by atoms with Crippen LogP contribution in [-0.4, -0.2) is 34.3 Å². The average molecular weight is 392 g/mol. The van der Waals surface area contributed by atoms with Crippen LogP contribution in [0.3, 0.4) is 0 Å². The summed E-state index contributed by atoms with van der Waals surface area (Å²) in [5, 5.41) is 19.2. The van der Waals surface area contributed by atoms with Gasteiger partial charge in [-0.1, -0.05) is 6.07 Å². The van der Waals surface area contributed by atoms with Crippen molar-refractivity contribution in [3.8, 4) is 11.8 Å². The Bertz CT molecular complexity index is 1080. The zero-order valence-corrected chi connectivity index (χ0v) is 16.1. The van der Waals surface area contributed by atoms with E-state index in [1.54, 1.807) is 24.4 Å². The van der Waals surface area contributed by atoms with E-state index in [9.17, 15) is 9.50 Å². The van der Waals surface area contributed by atoms with E-state index in [1.165, 1.54) is 6.07 Å². The molecule has 0 radical (unpaired) electrons. The van der Waals surface area contributed by atoms with Gasteiger partial charge in [0.05, 0.1) is 18.2 Å². The van der Waals surface area contributed by atoms with E-state index in [0.29, 0.717) is 16.6 Å². The van der Waals surface area contributed by atoms with E-state index in [2.05, 4.69) is 14.9 Å². The summed E-state index contributed by atoms with van der Waals surface area (Å²) in [5.41, 5.74) is 3.43. The summed E-state index contributed by atoms with van der Waals surface area (Å²) in [4.78, 5) is 10.7. The van der Waals surface area contributed by atoms with Gasteiger partial charge in [-0.15, -0.1) is 0 Å². The van der Waals surface area contributed by atoms with Gasteiger partial charge in [0.1, 0.15) is 18.4 Å². The first-order valence-electron chi connectivity index (χ1n) is 9.55. The Morgan fingerprint density at radius 1 is 1.34 bits per heavy atom. The number of hydrogen-bond acceptors (Lipinski definition) is 6. The molecule has 6 nitrogen and oxygen atoms in total. The molecular formula is C22H21FN4O2. The van der Waals surface area contributed by atoms with Crippen LogP contribution in [0.25, 0.3) is 10.9 Å². The fourth-order valence-corrected chi connectivity index (χ4v) is 3.77. The molecule has 3 aromatic rings. The lowest BCUT2D eigenvalue weighted by atomic mass is 10.1. The lowest BCUT2D eigenvalue weighted by Crippen LogP contribution is -2.32. The molecule has 1 aliphatic heterocycles. The Morgan fingerprint density at radius 3 is 2.93 bits per heavy atom. The van der Waals surface area contributed by atoms with Gasteiger partial charge in [0, 0.05) is 41.1 Å². The minimum Gasteiger partial charge on any atom is -0.486 e. The molecule has 1 atom stereocenters. The molecule has 29 heavy (non-hydrogen) atoms. The Kier molecular flexibility index (Phi) is 5.28. The number of nitriles is 1. The molecule has 1 fully saturated rings. The number of nitrogens with zero attached hydrogens (tertiary/aromatic N) is 4. The molecule has 4 rings (SSSR count). The van der Waals surface area contributed by atoms with Crippen LogP contribution in [0.2, 0.25) is 0 Å². The standard InChI is InChI=1S/C22H21FN4O2/c1-14-7-21(27-6-2-3-17(27)12-28)18-8-19(23)22(9-20(18)26-14)29-13-15-4-5-16(10-24)25-11-15/h4-5,7-9,11,17,28H,2-3,6,12-13H2,1H3/t17-/m0/s1. The van der Waals surface area contributed by atoms with Gasteiger partial charge in [0.15, 0.2) is 11.6 Å². The summed E-state index contributed by atoms with van der Waals surface area (Å²) in [5.74, 6) is -0.350. The predicted octanol–water partition coefficient (Wildman–Crippen LogP) is 3.49. The fourth-order valence-electron chi connectivity index (χ4n) is 3.77. The Balaban J connectivity index is 1.65. The van der Waals surface area contributed by atoms with Gasteiger partial charge in [-0.3, -0.25) is 4.98 Å². The molecule has 1 N–H and O–H groups in total. The molecule has 148 valence electrons. The van der Waals surface area contributed by atoms with Crippen molar-refractivity contribution >= 4 is 16.6 Å². The predicted molar refractivity (Wildman–Crippen MR) is 107 cm³/mol. The van der Waals surface area contributed by atoms with Crippen molar-refractivity contribution in [2.45, 2.75) is 32.4 Å². The monoisotopic (exact) mass is 392 g/mol. The number of aryl methyl sites for hydroxylation is 1. The number of ether oxygens (including phenoxy) is 1. The zero-order chi connectivity index (χ0) is 20.4. The molecular weight excluding hydrogens is 371 g/mol. The van der Waals surface area contributed by atoms with Crippen LogP contribution >= 0.6 is 0 Å². The first-order chi connectivity index (χ1) is 14.1. The molecule has 1 aromatic carbocycles. The molecule has 0 spiro atoms. The SMILES string of the molecule is Cc1cc(N2CCC[C@H]2CO)c2cc(F)c(OCc3ccc(C#N)nc3)cc2n1. The van der Waals surface area contributed by atoms with Crippen molar-refractivity contribution in [2.75, 3.05) is 18.1 Å². The minimum atomic E-state index is -0.467. The molecule has 1 saturated heterocycles. The van der Waals surface area contributed by atoms with Gasteiger partial charge in [0.2, 0.25) is 0 Å². The highest BCUT2D eigenvalue weighted by molar-refractivity contribution is 5.93. The molecule has 0 bridgehead atoms. The number of hydrogen-bond donors (Lipinski definition) is 1. The third-order valence-corrected chi connectivity index (χ3v) is 5.20. The summed E-state index contributed by atoms with van der Waals surface area (Å²) < 4.78 is 20.5. The van der Waals surface area contributed by atoms with Crippen LogP contribution in [0.1, 0.15) is 29.8 Å². The van der Waals surface area contributed by atoms with Crippen molar-refractivity contribution < 1.29 is 14.2 Å². The highest BCUT2D eigenvalue weighted by atomic mass is 19.1. The van der Waals surface area contributed by atoms with Crippen LogP contribution in [0.5, 0.6) is 5.75 Å². The van der Waals surface area contributed by atoms with E-state index in [0.717, 1.165) is 36.3 Å². The Morgan fingerprint density at radius 2 is 2.21 bits per heavy atom. The molecule has 0 saturated carbocycles. The van der Waals surface area contributed by atoms with E-state index in [-0.39, 0.29) is 25.0 Å². The summed E-state index contributed by atoms with van der Waals surface area (Å²) in [6, 6.07) is 10.3. The maximum atomic E-state index is 14.8. The number of fused-ring (bicyclic) bond motifs is 1. The number of halogens is 1. The van der Waals surface area contributed by atoms with Gasteiger partial charge in [-0.25, -0.2) is 9.37 Å². The van der Waals surface area contributed by atoms with Crippen molar-refractivity contribution in [1.29, 1.82) is 5.26 Å². The topological polar surface area (TPSA) is 82.3 Å². The van der Waals surface area contributed by atoms with E-state index in [1.807, 2.05) is 19.1 Å². The molecule has 0 aliphatic carbocycles. The van der Waals surface area contributed by atoms with Gasteiger partial charge < -0.3 is 14.7 Å². The number of pyridine rings is 2. The first-order valence-corrected chi connectivity index (χ1v) is 9.55. The van der Waals surface area contributed by atoms with E-state index in [4.69, 9.17) is 10.00 Å². The van der Waals surface area contributed by atoms with Gasteiger partial charge in [-0.2, -0.15) is 5.26 Å². The number of aliphatic hydroxyl groups is 1. The van der Waals surface area contributed by atoms with Crippen LogP contribution in [0.4, 0.5) is 10.1 Å². The lowest BCUT2D eigenvalue weighted by molar-refractivity contribution is 0.266. The summed E-state index contributed by atoms with van der Waals surface area (Å²) in [6.45, 7) is 2.94. The summed E-state index contributed by atoms with van der Waals surface area (Å²) in [6.07, 6.45) is 3.46. The number of aromatic nitrogens is 2. The van der Waals surface area contributed by atoms with E-state index >= 15 is 0 Å². The summed E-state index contributed by atoms with van der Waals surface area (Å²) >= 11 is 0. The van der Waals surface area contributed by atoms with Crippen LogP contribution in [-0.2, 0) is 6.61 Å². The molecule has 3 heterocycles. The second kappa shape index (κ2) is 8.02. The molecule has 0 unspecified atom stereocenters. The minimum absolute atomic E-state index is 0.0443. The maximum Gasteiger partial charge on any atom is 0.165 e. The smallest absolute Gasteiger partial charge is 0.165 e. The van der Waals surface area contributed by atoms with Crippen molar-refractivity contribution in [3.63, 3.8) is 0 Å². The highest BCUT2D eigenvalue weighted by Gasteiger charge is 2.26. The summed E-state index contributed by atoms with van der Waals surface area (Å²) in [7, 11) is 0. The second-order valence-corrected chi connectivity index (χ2v) is 7.21. The zero-order valence-electron chi connectivity index (χ0n) is 16.1. The lowest BCUT2D eigenvalue weighted by Gasteiger charge is -2.27. The third-order valence-electron chi connectivity index (χ3n) is 5.20. The molecule has 2 aromatic heterocycles. The first kappa shape index (κ1) is 19.1. The Hall–Kier alpha value is -3.24. The van der Waals surface area contributed by atoms with E-state index < -0.39 is 5.82 Å². The van der Waals surface area contributed by atoms with Gasteiger partial charge >= 0.3 is 0 Å². The quantitative estimate of drug-likeness (QED) is 0.716. The van der Waals surface area contributed by atoms with Gasteiger partial charge in [0.25, 0.3) is 0 Å². The van der Waals surface area contributed by atoms with Crippen molar-refractivity contribution in [1.82, 2.24) is 9.97 Å². The third kappa shape index (κ3) is 3.84. The average Bonchev–Trinajstić information content (AvgIpc) is 3.21. The molecule has 7 heteroatoms. The fraction of sp³-hybridized carbons (Fsp3) is 0.318. The molecule has 1 aliphatic rings. The number of rotatable bonds is 5. The van der Waals surface area contributed by atoms with Crippen molar-refractivity contribution in [3.05, 3.63) is 59.3 Å². The second-order valence-electron chi connectivity index (χ2n) is 7.21. The normalized spacial score (nSPS) is 16.2. The number of anilines is 1. The Labute approximate surface area is 168 Å². The largest absolute Gasteiger partial charge is 0.486 e. The number of aliphatic hydroxyl groups excluding tert-OH is 1. The van der Waals surface area contributed by atoms with Crippen LogP contribution < -0.4 is 9.64 Å². The maximum absolute atomic E-state index is 14.8. The van der Waals surface area contributed by atoms with Crippen LogP contribution in [0, 0.1) is 24.1 Å². The van der Waals surface area contributed by atoms with Crippen molar-refractivity contribution in [2.24, 2.45) is 0 Å². The highest BCUT2D eigenvalue weighted by Crippen LogP contribution is 2.35. The van der Waals surface area contributed by atoms with Gasteiger partial charge in [-0.05, 0) is 38.0 Å². The van der Waals surface area contributed by atoms with Crippen LogP contribution in [0.15, 0.2) is 36.5 Å².